The van der Waals surface area contributed by atoms with E-state index in [1.807, 2.05) is 6.92 Å². The number of fused-ring (bicyclic) bond motifs is 1. The molecule has 0 fully saturated rings. The quantitative estimate of drug-likeness (QED) is 0.491. The van der Waals surface area contributed by atoms with Crippen LogP contribution < -0.4 is 5.32 Å². The minimum atomic E-state index is -4.58. The third-order valence-electron chi connectivity index (χ3n) is 4.69. The number of aromatic nitrogens is 3. The average Bonchev–Trinajstić information content (AvgIpc) is 3.22. The number of amides is 1. The molecule has 0 bridgehead atoms. The van der Waals surface area contributed by atoms with Crippen molar-refractivity contribution in [2.75, 3.05) is 5.32 Å². The van der Waals surface area contributed by atoms with Crippen LogP contribution in [0.3, 0.4) is 0 Å². The lowest BCUT2D eigenvalue weighted by Gasteiger charge is -2.14. The van der Waals surface area contributed by atoms with Gasteiger partial charge in [-0.15, -0.1) is 0 Å². The van der Waals surface area contributed by atoms with E-state index in [-0.39, 0.29) is 11.3 Å². The van der Waals surface area contributed by atoms with Gasteiger partial charge in [-0.2, -0.15) is 18.3 Å². The molecule has 2 aromatic heterocycles. The molecule has 5 nitrogen and oxygen atoms in total. The summed E-state index contributed by atoms with van der Waals surface area (Å²) >= 11 is 0. The number of carbonyl (C=O) groups excluding carboxylic acids is 1. The van der Waals surface area contributed by atoms with Crippen LogP contribution in [0.25, 0.3) is 22.2 Å². The number of nitrogens with one attached hydrogen (secondary N) is 1. The van der Waals surface area contributed by atoms with Crippen molar-refractivity contribution in [3.63, 3.8) is 0 Å². The Morgan fingerprint density at radius 2 is 1.83 bits per heavy atom. The zero-order chi connectivity index (χ0) is 21.3. The van der Waals surface area contributed by atoms with E-state index in [0.29, 0.717) is 28.7 Å². The predicted molar refractivity (Wildman–Crippen MR) is 108 cm³/mol. The van der Waals surface area contributed by atoms with Crippen LogP contribution in [0.4, 0.5) is 18.9 Å². The zero-order valence-electron chi connectivity index (χ0n) is 15.9. The van der Waals surface area contributed by atoms with Gasteiger partial charge in [-0.1, -0.05) is 30.3 Å². The molecule has 30 heavy (non-hydrogen) atoms. The van der Waals surface area contributed by atoms with E-state index in [0.717, 1.165) is 6.07 Å². The Morgan fingerprint density at radius 3 is 2.57 bits per heavy atom. The van der Waals surface area contributed by atoms with E-state index in [1.165, 1.54) is 18.2 Å². The maximum absolute atomic E-state index is 13.3. The molecule has 4 aromatic rings. The number of rotatable bonds is 4. The molecule has 0 spiro atoms. The normalized spacial score (nSPS) is 11.6. The number of hydrogen-bond donors (Lipinski definition) is 1. The van der Waals surface area contributed by atoms with Crippen molar-refractivity contribution in [3.8, 4) is 11.3 Å². The summed E-state index contributed by atoms with van der Waals surface area (Å²) in [7, 11) is 0. The number of aryl methyl sites for hydroxylation is 1. The molecule has 2 aromatic carbocycles. The fourth-order valence-electron chi connectivity index (χ4n) is 3.21. The van der Waals surface area contributed by atoms with Crippen LogP contribution >= 0.6 is 0 Å². The van der Waals surface area contributed by atoms with Gasteiger partial charge in [0.2, 0.25) is 0 Å². The summed E-state index contributed by atoms with van der Waals surface area (Å²) in [6.07, 6.45) is -1.14. The van der Waals surface area contributed by atoms with Gasteiger partial charge in [0.05, 0.1) is 34.2 Å². The number of nitrogens with zero attached hydrogens (tertiary/aromatic N) is 3. The van der Waals surface area contributed by atoms with Crippen molar-refractivity contribution in [2.24, 2.45) is 0 Å². The van der Waals surface area contributed by atoms with Crippen LogP contribution in [0.2, 0.25) is 0 Å². The number of benzene rings is 2. The fraction of sp³-hybridized carbons (Fsp3) is 0.136. The number of para-hydroxylation sites is 2. The Balaban J connectivity index is 1.79. The maximum atomic E-state index is 13.3. The standard InChI is InChI=1S/C22H17F3N4O/c1-2-29-13-14(12-26-29)20-11-16(15-7-3-5-9-18(15)27-20)21(30)28-19-10-6-4-8-17(19)22(23,24)25/h3-13H,2H2,1H3,(H,28,30). The molecule has 0 saturated carbocycles. The molecular weight excluding hydrogens is 393 g/mol. The summed E-state index contributed by atoms with van der Waals surface area (Å²) in [5.41, 5.74) is 0.831. The monoisotopic (exact) mass is 410 g/mol. The lowest BCUT2D eigenvalue weighted by molar-refractivity contribution is -0.136. The molecular formula is C22H17F3N4O. The van der Waals surface area contributed by atoms with Crippen LogP contribution in [0.15, 0.2) is 67.0 Å². The number of hydrogen-bond acceptors (Lipinski definition) is 3. The van der Waals surface area contributed by atoms with Crippen molar-refractivity contribution in [1.29, 1.82) is 0 Å². The third kappa shape index (κ3) is 3.76. The summed E-state index contributed by atoms with van der Waals surface area (Å²) in [5, 5.41) is 7.18. The number of carbonyl (C=O) groups is 1. The average molecular weight is 410 g/mol. The number of pyridine rings is 1. The second-order valence-corrected chi connectivity index (χ2v) is 6.65. The second kappa shape index (κ2) is 7.62. The van der Waals surface area contributed by atoms with Gasteiger partial charge in [0.15, 0.2) is 0 Å². The van der Waals surface area contributed by atoms with Crippen LogP contribution in [-0.2, 0) is 12.7 Å². The van der Waals surface area contributed by atoms with E-state index < -0.39 is 17.6 Å². The number of halogens is 3. The minimum Gasteiger partial charge on any atom is -0.321 e. The maximum Gasteiger partial charge on any atom is 0.418 e. The van der Waals surface area contributed by atoms with Crippen molar-refractivity contribution in [1.82, 2.24) is 14.8 Å². The van der Waals surface area contributed by atoms with Crippen molar-refractivity contribution in [2.45, 2.75) is 19.6 Å². The van der Waals surface area contributed by atoms with Gasteiger partial charge in [-0.3, -0.25) is 9.48 Å². The number of anilines is 1. The van der Waals surface area contributed by atoms with E-state index in [2.05, 4.69) is 15.4 Å². The molecule has 2 heterocycles. The first kappa shape index (κ1) is 19.6. The summed E-state index contributed by atoms with van der Waals surface area (Å²) in [4.78, 5) is 17.6. The highest BCUT2D eigenvalue weighted by molar-refractivity contribution is 6.13. The van der Waals surface area contributed by atoms with Gasteiger partial charge < -0.3 is 5.32 Å². The second-order valence-electron chi connectivity index (χ2n) is 6.65. The Kier molecular flexibility index (Phi) is 4.99. The van der Waals surface area contributed by atoms with Crippen LogP contribution in [0.1, 0.15) is 22.8 Å². The van der Waals surface area contributed by atoms with Crippen LogP contribution in [0, 0.1) is 0 Å². The molecule has 0 aliphatic carbocycles. The molecule has 152 valence electrons. The van der Waals surface area contributed by atoms with E-state index in [1.54, 1.807) is 47.4 Å². The highest BCUT2D eigenvalue weighted by Crippen LogP contribution is 2.35. The summed E-state index contributed by atoms with van der Waals surface area (Å²) < 4.78 is 41.6. The Bertz CT molecular complexity index is 1230. The third-order valence-corrected chi connectivity index (χ3v) is 4.69. The van der Waals surface area contributed by atoms with Crippen molar-refractivity contribution in [3.05, 3.63) is 78.1 Å². The molecule has 0 unspecified atom stereocenters. The smallest absolute Gasteiger partial charge is 0.321 e. The van der Waals surface area contributed by atoms with Gasteiger partial charge in [-0.05, 0) is 31.2 Å². The molecule has 1 amide bonds. The Labute approximate surface area is 170 Å². The summed E-state index contributed by atoms with van der Waals surface area (Å²) in [5.74, 6) is -0.644. The molecule has 0 aliphatic rings. The highest BCUT2D eigenvalue weighted by Gasteiger charge is 2.33. The van der Waals surface area contributed by atoms with Crippen molar-refractivity contribution >= 4 is 22.5 Å². The van der Waals surface area contributed by atoms with E-state index in [4.69, 9.17) is 0 Å². The molecule has 0 radical (unpaired) electrons. The van der Waals surface area contributed by atoms with E-state index >= 15 is 0 Å². The SMILES string of the molecule is CCn1cc(-c2cc(C(=O)Nc3ccccc3C(F)(F)F)c3ccccc3n2)cn1. The zero-order valence-corrected chi connectivity index (χ0v) is 15.9. The molecule has 0 saturated heterocycles. The summed E-state index contributed by atoms with van der Waals surface area (Å²) in [6, 6.07) is 13.5. The van der Waals surface area contributed by atoms with E-state index in [9.17, 15) is 18.0 Å². The van der Waals surface area contributed by atoms with Gasteiger partial charge in [0.1, 0.15) is 0 Å². The molecule has 0 aliphatic heterocycles. The number of alkyl halides is 3. The highest BCUT2D eigenvalue weighted by atomic mass is 19.4. The van der Waals surface area contributed by atoms with Gasteiger partial charge in [0.25, 0.3) is 5.91 Å². The lowest BCUT2D eigenvalue weighted by Crippen LogP contribution is -2.17. The first-order chi connectivity index (χ1) is 14.4. The first-order valence-electron chi connectivity index (χ1n) is 9.27. The Hall–Kier alpha value is -3.68. The molecule has 4 rings (SSSR count). The fourth-order valence-corrected chi connectivity index (χ4v) is 3.21. The lowest BCUT2D eigenvalue weighted by atomic mass is 10.0. The van der Waals surface area contributed by atoms with Crippen LogP contribution in [0.5, 0.6) is 0 Å². The van der Waals surface area contributed by atoms with Crippen molar-refractivity contribution < 1.29 is 18.0 Å². The molecule has 1 N–H and O–H groups in total. The Morgan fingerprint density at radius 1 is 1.10 bits per heavy atom. The molecule has 0 atom stereocenters. The van der Waals surface area contributed by atoms with Gasteiger partial charge >= 0.3 is 6.18 Å². The minimum absolute atomic E-state index is 0.233. The molecule has 8 heteroatoms. The van der Waals surface area contributed by atoms with Gasteiger partial charge in [0, 0.05) is 23.7 Å². The first-order valence-corrected chi connectivity index (χ1v) is 9.27. The largest absolute Gasteiger partial charge is 0.418 e. The summed E-state index contributed by atoms with van der Waals surface area (Å²) in [6.45, 7) is 2.62. The predicted octanol–water partition coefficient (Wildman–Crippen LogP) is 5.39. The van der Waals surface area contributed by atoms with Crippen LogP contribution in [-0.4, -0.2) is 20.7 Å². The topological polar surface area (TPSA) is 59.8 Å². The van der Waals surface area contributed by atoms with Gasteiger partial charge in [-0.25, -0.2) is 4.98 Å².